The molecule has 8 nitrogen and oxygen atoms in total. The van der Waals surface area contributed by atoms with Crippen molar-refractivity contribution in [3.8, 4) is 22.5 Å². The predicted molar refractivity (Wildman–Crippen MR) is 131 cm³/mol. The summed E-state index contributed by atoms with van der Waals surface area (Å²) in [7, 11) is 0. The molecule has 4 aromatic rings. The van der Waals surface area contributed by atoms with E-state index in [0.29, 0.717) is 39.1 Å². The summed E-state index contributed by atoms with van der Waals surface area (Å²) < 4.78 is 0. The lowest BCUT2D eigenvalue weighted by atomic mass is 10.0. The molecule has 0 bridgehead atoms. The molecule has 0 atom stereocenters. The van der Waals surface area contributed by atoms with Gasteiger partial charge < -0.3 is 15.3 Å². The van der Waals surface area contributed by atoms with Gasteiger partial charge in [-0.15, -0.1) is 0 Å². The topological polar surface area (TPSA) is 138 Å². The van der Waals surface area contributed by atoms with Gasteiger partial charge in [-0.1, -0.05) is 48.5 Å². The van der Waals surface area contributed by atoms with Crippen LogP contribution in [0.4, 0.5) is 0 Å². The van der Waals surface area contributed by atoms with Gasteiger partial charge in [0.15, 0.2) is 0 Å². The number of hydrogen-bond donors (Lipinski definition) is 3. The number of aromatic nitrogens is 2. The summed E-state index contributed by atoms with van der Waals surface area (Å²) in [6.45, 7) is 0. The van der Waals surface area contributed by atoms with Crippen LogP contribution in [0.15, 0.2) is 78.9 Å². The van der Waals surface area contributed by atoms with Crippen molar-refractivity contribution in [3.63, 3.8) is 0 Å². The van der Waals surface area contributed by atoms with E-state index in [2.05, 4.69) is 0 Å². The minimum Gasteiger partial charge on any atom is -0.478 e. The highest BCUT2D eigenvalue weighted by atomic mass is 16.4. The molecule has 35 heavy (non-hydrogen) atoms. The molecule has 3 N–H and O–H groups in total. The van der Waals surface area contributed by atoms with Gasteiger partial charge in [-0.2, -0.15) is 0 Å². The van der Waals surface area contributed by atoms with Gasteiger partial charge in [0.1, 0.15) is 0 Å². The quantitative estimate of drug-likeness (QED) is 0.328. The molecule has 1 aromatic heterocycles. The fraction of sp³-hybridized carbons (Fsp3) is 0. The number of aromatic carboxylic acids is 1. The van der Waals surface area contributed by atoms with Crippen molar-refractivity contribution in [2.75, 3.05) is 0 Å². The normalized spacial score (nSPS) is 11.3. The summed E-state index contributed by atoms with van der Waals surface area (Å²) in [5.74, 6) is -3.16. The smallest absolute Gasteiger partial charge is 0.335 e. The monoisotopic (exact) mass is 466 g/mol. The summed E-state index contributed by atoms with van der Waals surface area (Å²) in [5.41, 5.74) is 4.93. The number of hydrogen-bond acceptors (Lipinski definition) is 5. The van der Waals surface area contributed by atoms with E-state index in [4.69, 9.17) is 20.2 Å². The first-order chi connectivity index (χ1) is 16.8. The Labute approximate surface area is 199 Å². The van der Waals surface area contributed by atoms with Crippen molar-refractivity contribution in [2.24, 2.45) is 0 Å². The summed E-state index contributed by atoms with van der Waals surface area (Å²) in [6.07, 6.45) is 5.05. The summed E-state index contributed by atoms with van der Waals surface area (Å²) in [4.78, 5) is 42.5. The molecule has 1 heterocycles. The Morgan fingerprint density at radius 2 is 1.06 bits per heavy atom. The van der Waals surface area contributed by atoms with Crippen LogP contribution in [0.5, 0.6) is 0 Å². The third kappa shape index (κ3) is 5.45. The van der Waals surface area contributed by atoms with Crippen LogP contribution in [0, 0.1) is 0 Å². The van der Waals surface area contributed by atoms with E-state index in [1.807, 2.05) is 0 Å². The maximum Gasteiger partial charge on any atom is 0.335 e. The second kappa shape index (κ2) is 9.80. The second-order valence-electron chi connectivity index (χ2n) is 7.52. The van der Waals surface area contributed by atoms with Crippen molar-refractivity contribution < 1.29 is 29.7 Å². The molecule has 0 aliphatic rings. The zero-order valence-corrected chi connectivity index (χ0v) is 18.1. The largest absolute Gasteiger partial charge is 0.478 e. The maximum absolute atomic E-state index is 11.4. The zero-order valence-electron chi connectivity index (χ0n) is 18.1. The van der Waals surface area contributed by atoms with E-state index in [1.165, 1.54) is 24.3 Å². The molecule has 0 saturated heterocycles. The summed E-state index contributed by atoms with van der Waals surface area (Å²) in [6, 6.07) is 18.7. The number of nitrogens with zero attached hydrogens (tertiary/aromatic N) is 2. The van der Waals surface area contributed by atoms with E-state index < -0.39 is 17.9 Å². The molecule has 4 rings (SSSR count). The molecule has 0 spiro atoms. The first-order valence-electron chi connectivity index (χ1n) is 10.4. The number of carboxylic acid groups (broad SMARTS) is 3. The molecule has 0 aliphatic carbocycles. The van der Waals surface area contributed by atoms with Gasteiger partial charge in [0.05, 0.1) is 28.0 Å². The van der Waals surface area contributed by atoms with Crippen molar-refractivity contribution in [3.05, 3.63) is 95.6 Å². The van der Waals surface area contributed by atoms with Crippen LogP contribution < -0.4 is 0 Å². The molecule has 172 valence electrons. The van der Waals surface area contributed by atoms with Gasteiger partial charge in [-0.05, 0) is 41.5 Å². The molecule has 0 unspecified atom stereocenters. The van der Waals surface area contributed by atoms with Crippen molar-refractivity contribution >= 4 is 41.1 Å². The van der Waals surface area contributed by atoms with E-state index in [1.54, 1.807) is 54.6 Å². The fourth-order valence-electron chi connectivity index (χ4n) is 3.43. The SMILES string of the molecule is O=C(O)/C=C/c1ccc(-c2nc3ccc(C(=O)O)cc3nc2-c2ccc(/C=C/C(=O)O)cc2)cc1. The standard InChI is InChI=1S/C27H18N2O6/c30-23(31)13-5-16-1-7-18(8-2-16)25-26(19-9-3-17(4-10-19)6-14-24(32)33)29-22-15-20(27(34)35)11-12-21(22)28-25/h1-15H,(H,30,31)(H,32,33)(H,34,35)/b13-5+,14-6+. The number of fused-ring (bicyclic) bond motifs is 1. The van der Waals surface area contributed by atoms with Crippen LogP contribution in [0.2, 0.25) is 0 Å². The summed E-state index contributed by atoms with van der Waals surface area (Å²) in [5, 5.41) is 27.0. The lowest BCUT2D eigenvalue weighted by Crippen LogP contribution is -1.99. The van der Waals surface area contributed by atoms with Crippen molar-refractivity contribution in [2.45, 2.75) is 0 Å². The lowest BCUT2D eigenvalue weighted by molar-refractivity contribution is -0.132. The van der Waals surface area contributed by atoms with E-state index in [0.717, 1.165) is 17.7 Å². The number of aliphatic carboxylic acids is 2. The van der Waals surface area contributed by atoms with Gasteiger partial charge in [-0.3, -0.25) is 0 Å². The van der Waals surface area contributed by atoms with Crippen LogP contribution in [-0.4, -0.2) is 43.2 Å². The number of rotatable bonds is 7. The highest BCUT2D eigenvalue weighted by Gasteiger charge is 2.15. The fourth-order valence-corrected chi connectivity index (χ4v) is 3.43. The minimum atomic E-state index is -1.07. The molecular formula is C27H18N2O6. The molecule has 0 radical (unpaired) electrons. The summed E-state index contributed by atoms with van der Waals surface area (Å²) >= 11 is 0. The third-order valence-corrected chi connectivity index (χ3v) is 5.12. The first-order valence-corrected chi connectivity index (χ1v) is 10.4. The molecule has 0 aliphatic heterocycles. The molecule has 0 saturated carbocycles. The Hall–Kier alpha value is -5.11. The maximum atomic E-state index is 11.4. The van der Waals surface area contributed by atoms with Crippen LogP contribution in [0.25, 0.3) is 45.7 Å². The van der Waals surface area contributed by atoms with E-state index >= 15 is 0 Å². The Balaban J connectivity index is 1.84. The Bertz CT molecular complexity index is 1500. The van der Waals surface area contributed by atoms with E-state index in [9.17, 15) is 19.5 Å². The molecule has 3 aromatic carbocycles. The highest BCUT2D eigenvalue weighted by molar-refractivity contribution is 5.94. The van der Waals surface area contributed by atoms with Gasteiger partial charge in [0, 0.05) is 23.3 Å². The van der Waals surface area contributed by atoms with Gasteiger partial charge in [0.2, 0.25) is 0 Å². The molecular weight excluding hydrogens is 448 g/mol. The van der Waals surface area contributed by atoms with Crippen LogP contribution in [-0.2, 0) is 9.59 Å². The lowest BCUT2D eigenvalue weighted by Gasteiger charge is -2.11. The van der Waals surface area contributed by atoms with Crippen LogP contribution in [0.1, 0.15) is 21.5 Å². The number of carboxylic acids is 3. The Morgan fingerprint density at radius 1 is 0.600 bits per heavy atom. The zero-order chi connectivity index (χ0) is 24.9. The minimum absolute atomic E-state index is 0.0919. The van der Waals surface area contributed by atoms with Crippen molar-refractivity contribution in [1.29, 1.82) is 0 Å². The average molecular weight is 466 g/mol. The van der Waals surface area contributed by atoms with Crippen molar-refractivity contribution in [1.82, 2.24) is 9.97 Å². The highest BCUT2D eigenvalue weighted by Crippen LogP contribution is 2.32. The van der Waals surface area contributed by atoms with Gasteiger partial charge in [-0.25, -0.2) is 24.4 Å². The van der Waals surface area contributed by atoms with Gasteiger partial charge >= 0.3 is 17.9 Å². The number of benzene rings is 3. The molecule has 0 amide bonds. The first kappa shape index (κ1) is 23.1. The van der Waals surface area contributed by atoms with Crippen LogP contribution in [0.3, 0.4) is 0 Å². The van der Waals surface area contributed by atoms with Gasteiger partial charge in [0.25, 0.3) is 0 Å². The average Bonchev–Trinajstić information content (AvgIpc) is 2.85. The number of carbonyl (C=O) groups is 3. The predicted octanol–water partition coefficient (Wildman–Crippen LogP) is 4.86. The van der Waals surface area contributed by atoms with E-state index in [-0.39, 0.29) is 5.56 Å². The van der Waals surface area contributed by atoms with Crippen LogP contribution >= 0.6 is 0 Å². The second-order valence-corrected chi connectivity index (χ2v) is 7.52. The third-order valence-electron chi connectivity index (χ3n) is 5.12. The Morgan fingerprint density at radius 3 is 1.49 bits per heavy atom. The Kier molecular flexibility index (Phi) is 6.46. The molecule has 8 heteroatoms. The molecule has 0 fully saturated rings.